The summed E-state index contributed by atoms with van der Waals surface area (Å²) in [5.41, 5.74) is 3.50. The van der Waals surface area contributed by atoms with Crippen LogP contribution >= 0.6 is 23.1 Å². The number of ether oxygens (including phenoxy) is 1. The van der Waals surface area contributed by atoms with Gasteiger partial charge in [0, 0.05) is 30.8 Å². The van der Waals surface area contributed by atoms with Crippen molar-refractivity contribution >= 4 is 34.1 Å². The van der Waals surface area contributed by atoms with Crippen molar-refractivity contribution in [2.75, 3.05) is 24.2 Å². The number of anilines is 1. The molecule has 0 bridgehead atoms. The van der Waals surface area contributed by atoms with Crippen LogP contribution in [0.5, 0.6) is 0 Å². The Morgan fingerprint density at radius 2 is 2.15 bits per heavy atom. The number of carbonyl (C=O) groups is 1. The van der Waals surface area contributed by atoms with Gasteiger partial charge in [0.15, 0.2) is 5.13 Å². The molecule has 2 unspecified atom stereocenters. The van der Waals surface area contributed by atoms with Crippen LogP contribution in [0.4, 0.5) is 5.13 Å². The van der Waals surface area contributed by atoms with Gasteiger partial charge < -0.3 is 10.1 Å². The average Bonchev–Trinajstić information content (AvgIpc) is 3.00. The second-order valence-electron chi connectivity index (χ2n) is 7.13. The fraction of sp³-hybridized carbons (Fsp3) is 0.500. The van der Waals surface area contributed by atoms with Gasteiger partial charge in [-0.1, -0.05) is 29.8 Å². The van der Waals surface area contributed by atoms with Crippen molar-refractivity contribution in [2.24, 2.45) is 0 Å². The third-order valence-corrected chi connectivity index (χ3v) is 6.07. The lowest BCUT2D eigenvalue weighted by atomic mass is 10.2. The minimum Gasteiger partial charge on any atom is -0.373 e. The highest BCUT2D eigenvalue weighted by Crippen LogP contribution is 2.20. The monoisotopic (exact) mass is 405 g/mol. The van der Waals surface area contributed by atoms with Gasteiger partial charge in [-0.2, -0.15) is 0 Å². The Balaban J connectivity index is 1.42. The van der Waals surface area contributed by atoms with Crippen LogP contribution in [0.15, 0.2) is 29.6 Å². The summed E-state index contributed by atoms with van der Waals surface area (Å²) in [5.74, 6) is 1.27. The lowest BCUT2D eigenvalue weighted by molar-refractivity contribution is -0.113. The van der Waals surface area contributed by atoms with Crippen molar-refractivity contribution in [2.45, 2.75) is 45.3 Å². The van der Waals surface area contributed by atoms with Crippen molar-refractivity contribution in [1.29, 1.82) is 0 Å². The molecule has 1 aliphatic heterocycles. The topological polar surface area (TPSA) is 54.5 Å². The molecule has 1 aromatic carbocycles. The average molecular weight is 406 g/mol. The van der Waals surface area contributed by atoms with E-state index in [9.17, 15) is 4.79 Å². The molecule has 1 fully saturated rings. The Hall–Kier alpha value is -1.41. The van der Waals surface area contributed by atoms with Gasteiger partial charge in [-0.25, -0.2) is 4.98 Å². The van der Waals surface area contributed by atoms with E-state index < -0.39 is 0 Å². The van der Waals surface area contributed by atoms with Gasteiger partial charge in [0.2, 0.25) is 5.91 Å². The number of amides is 1. The number of aromatic nitrogens is 1. The van der Waals surface area contributed by atoms with E-state index >= 15 is 0 Å². The molecule has 1 N–H and O–H groups in total. The highest BCUT2D eigenvalue weighted by atomic mass is 32.2. The van der Waals surface area contributed by atoms with Gasteiger partial charge in [0.05, 0.1) is 23.7 Å². The molecule has 0 radical (unpaired) electrons. The van der Waals surface area contributed by atoms with Gasteiger partial charge in [-0.3, -0.25) is 9.69 Å². The van der Waals surface area contributed by atoms with Gasteiger partial charge >= 0.3 is 0 Å². The quantitative estimate of drug-likeness (QED) is 0.756. The molecule has 0 saturated carbocycles. The van der Waals surface area contributed by atoms with Crippen LogP contribution in [-0.4, -0.2) is 46.8 Å². The molecule has 2 aromatic rings. The van der Waals surface area contributed by atoms with E-state index in [1.807, 2.05) is 5.38 Å². The van der Waals surface area contributed by atoms with Gasteiger partial charge in [0.25, 0.3) is 0 Å². The Labute approximate surface area is 169 Å². The molecular formula is C20H27N3O2S2. The summed E-state index contributed by atoms with van der Waals surface area (Å²) in [5, 5.41) is 5.63. The molecule has 5 nitrogen and oxygen atoms in total. The number of carbonyl (C=O) groups excluding carboxylic acids is 1. The summed E-state index contributed by atoms with van der Waals surface area (Å²) in [6, 6.07) is 8.39. The molecular weight excluding hydrogens is 378 g/mol. The van der Waals surface area contributed by atoms with E-state index in [1.54, 1.807) is 11.8 Å². The zero-order chi connectivity index (χ0) is 19.2. The molecule has 1 amide bonds. The second kappa shape index (κ2) is 9.68. The number of morpholine rings is 1. The molecule has 2 heterocycles. The smallest absolute Gasteiger partial charge is 0.236 e. The van der Waals surface area contributed by atoms with E-state index in [2.05, 4.69) is 60.2 Å². The summed E-state index contributed by atoms with van der Waals surface area (Å²) in [6.45, 7) is 8.91. The molecule has 146 valence electrons. The number of thioether (sulfide) groups is 1. The molecule has 0 aliphatic carbocycles. The number of nitrogens with one attached hydrogen (secondary N) is 1. The predicted octanol–water partition coefficient (Wildman–Crippen LogP) is 3.93. The van der Waals surface area contributed by atoms with Crippen LogP contribution in [0, 0.1) is 6.92 Å². The zero-order valence-electron chi connectivity index (χ0n) is 16.1. The Bertz CT molecular complexity index is 755. The van der Waals surface area contributed by atoms with E-state index in [-0.39, 0.29) is 18.1 Å². The number of benzene rings is 1. The minimum absolute atomic E-state index is 0.00201. The first-order valence-corrected chi connectivity index (χ1v) is 11.3. The van der Waals surface area contributed by atoms with Crippen molar-refractivity contribution in [3.05, 3.63) is 46.5 Å². The predicted molar refractivity (Wildman–Crippen MR) is 113 cm³/mol. The summed E-state index contributed by atoms with van der Waals surface area (Å²) in [6.07, 6.45) is 0.494. The van der Waals surface area contributed by atoms with Crippen molar-refractivity contribution in [1.82, 2.24) is 9.88 Å². The molecule has 1 aliphatic rings. The zero-order valence-corrected chi connectivity index (χ0v) is 17.7. The first-order chi connectivity index (χ1) is 13.0. The standard InChI is InChI=1S/C20H27N3O2S2/c1-14-5-4-6-17(7-14)11-26-13-19(24)22-20-21-18(12-27-20)10-23-8-15(2)25-16(3)9-23/h4-7,12,15-16H,8-11,13H2,1-3H3,(H,21,22,24). The number of rotatable bonds is 7. The molecule has 7 heteroatoms. The summed E-state index contributed by atoms with van der Waals surface area (Å²) >= 11 is 3.11. The Kier molecular flexibility index (Phi) is 7.29. The third kappa shape index (κ3) is 6.60. The van der Waals surface area contributed by atoms with Crippen molar-refractivity contribution in [3.8, 4) is 0 Å². The number of aryl methyl sites for hydroxylation is 1. The number of hydrogen-bond acceptors (Lipinski definition) is 6. The summed E-state index contributed by atoms with van der Waals surface area (Å²) in [4.78, 5) is 19.1. The molecule has 27 heavy (non-hydrogen) atoms. The fourth-order valence-electron chi connectivity index (χ4n) is 3.30. The molecule has 3 rings (SSSR count). The van der Waals surface area contributed by atoms with Crippen LogP contribution in [-0.2, 0) is 21.8 Å². The summed E-state index contributed by atoms with van der Waals surface area (Å²) < 4.78 is 5.77. The van der Waals surface area contributed by atoms with Crippen LogP contribution in [0.3, 0.4) is 0 Å². The number of hydrogen-bond donors (Lipinski definition) is 1. The van der Waals surface area contributed by atoms with Crippen LogP contribution in [0.25, 0.3) is 0 Å². The van der Waals surface area contributed by atoms with E-state index in [4.69, 9.17) is 4.74 Å². The maximum atomic E-state index is 12.2. The summed E-state index contributed by atoms with van der Waals surface area (Å²) in [7, 11) is 0. The normalized spacial score (nSPS) is 20.6. The SMILES string of the molecule is Cc1cccc(CSCC(=O)Nc2nc(CN3CC(C)OC(C)C3)cs2)c1. The van der Waals surface area contributed by atoms with Crippen molar-refractivity contribution < 1.29 is 9.53 Å². The molecule has 2 atom stereocenters. The largest absolute Gasteiger partial charge is 0.373 e. The van der Waals surface area contributed by atoms with Crippen LogP contribution < -0.4 is 5.32 Å². The third-order valence-electron chi connectivity index (χ3n) is 4.26. The lowest BCUT2D eigenvalue weighted by Crippen LogP contribution is -2.44. The van der Waals surface area contributed by atoms with Gasteiger partial charge in [-0.05, 0) is 26.3 Å². The first kappa shape index (κ1) is 20.3. The van der Waals surface area contributed by atoms with Crippen LogP contribution in [0.1, 0.15) is 30.7 Å². The van der Waals surface area contributed by atoms with E-state index in [0.29, 0.717) is 10.9 Å². The number of nitrogens with zero attached hydrogens (tertiary/aromatic N) is 2. The second-order valence-corrected chi connectivity index (χ2v) is 8.97. The van der Waals surface area contributed by atoms with Crippen LogP contribution in [0.2, 0.25) is 0 Å². The maximum absolute atomic E-state index is 12.2. The highest BCUT2D eigenvalue weighted by molar-refractivity contribution is 7.99. The molecule has 1 aromatic heterocycles. The van der Waals surface area contributed by atoms with E-state index in [1.165, 1.54) is 22.5 Å². The Morgan fingerprint density at radius 1 is 1.37 bits per heavy atom. The fourth-order valence-corrected chi connectivity index (χ4v) is 4.79. The first-order valence-electron chi connectivity index (χ1n) is 9.23. The van der Waals surface area contributed by atoms with Gasteiger partial charge in [-0.15, -0.1) is 23.1 Å². The van der Waals surface area contributed by atoms with E-state index in [0.717, 1.165) is 31.1 Å². The van der Waals surface area contributed by atoms with Crippen molar-refractivity contribution in [3.63, 3.8) is 0 Å². The minimum atomic E-state index is 0.00201. The Morgan fingerprint density at radius 3 is 2.89 bits per heavy atom. The van der Waals surface area contributed by atoms with Gasteiger partial charge in [0.1, 0.15) is 0 Å². The number of thiazole rings is 1. The lowest BCUT2D eigenvalue weighted by Gasteiger charge is -2.34. The highest BCUT2D eigenvalue weighted by Gasteiger charge is 2.22. The molecule has 1 saturated heterocycles. The molecule has 0 spiro atoms. The maximum Gasteiger partial charge on any atom is 0.236 e.